The van der Waals surface area contributed by atoms with Crippen molar-refractivity contribution in [2.24, 2.45) is 0 Å². The van der Waals surface area contributed by atoms with Gasteiger partial charge in [-0.1, -0.05) is 54.6 Å². The zero-order valence-electron chi connectivity index (χ0n) is 30.9. The van der Waals surface area contributed by atoms with Crippen LogP contribution >= 0.6 is 0 Å². The first-order valence-electron chi connectivity index (χ1n) is 17.9. The van der Waals surface area contributed by atoms with E-state index in [2.05, 4.69) is 4.90 Å². The molecule has 5 rings (SSSR count). The van der Waals surface area contributed by atoms with Crippen molar-refractivity contribution in [1.82, 2.24) is 14.7 Å². The Bertz CT molecular complexity index is 1940. The highest BCUT2D eigenvalue weighted by Crippen LogP contribution is 2.31. The van der Waals surface area contributed by atoms with E-state index in [4.69, 9.17) is 9.15 Å². The van der Waals surface area contributed by atoms with Crippen LogP contribution in [0.3, 0.4) is 0 Å². The van der Waals surface area contributed by atoms with Crippen LogP contribution in [0.4, 0.5) is 32.0 Å². The number of nitrogens with zero attached hydrogens (tertiary/aromatic N) is 4. The molecule has 1 atom stereocenters. The molecule has 56 heavy (non-hydrogen) atoms. The molecule has 1 aromatic heterocycles. The summed E-state index contributed by atoms with van der Waals surface area (Å²) in [5.41, 5.74) is 1.92. The van der Waals surface area contributed by atoms with E-state index in [-0.39, 0.29) is 44.4 Å². The van der Waals surface area contributed by atoms with Gasteiger partial charge in [0.15, 0.2) is 0 Å². The Kier molecular flexibility index (Phi) is 13.6. The lowest BCUT2D eigenvalue weighted by atomic mass is 10.0. The van der Waals surface area contributed by atoms with Crippen LogP contribution < -0.4 is 4.90 Å². The molecule has 0 unspecified atom stereocenters. The largest absolute Gasteiger partial charge is 0.454 e. The minimum Gasteiger partial charge on any atom is -0.454 e. The summed E-state index contributed by atoms with van der Waals surface area (Å²) in [6.07, 6.45) is -6.43. The average Bonchev–Trinajstić information content (AvgIpc) is 3.67. The Labute approximate surface area is 320 Å². The van der Waals surface area contributed by atoms with Crippen LogP contribution in [0.2, 0.25) is 0 Å². The van der Waals surface area contributed by atoms with Crippen molar-refractivity contribution in [3.8, 4) is 0 Å². The number of anilines is 1. The summed E-state index contributed by atoms with van der Waals surface area (Å²) in [6.45, 7) is 3.76. The third-order valence-electron chi connectivity index (χ3n) is 9.38. The molecule has 2 heterocycles. The first-order chi connectivity index (χ1) is 26.6. The van der Waals surface area contributed by atoms with Gasteiger partial charge in [0.2, 0.25) is 23.5 Å². The molecule has 0 N–H and O–H groups in total. The third kappa shape index (κ3) is 11.5. The third-order valence-corrected chi connectivity index (χ3v) is 9.38. The number of hydrogen-bond acceptors (Lipinski definition) is 6. The molecule has 0 saturated carbocycles. The van der Waals surface area contributed by atoms with Gasteiger partial charge in [-0.2, -0.15) is 26.3 Å². The molecular weight excluding hydrogens is 742 g/mol. The highest BCUT2D eigenvalue weighted by molar-refractivity contribution is 5.95. The fourth-order valence-corrected chi connectivity index (χ4v) is 6.19. The fourth-order valence-electron chi connectivity index (χ4n) is 6.19. The number of piperazine rings is 1. The number of carbonyl (C=O) groups is 3. The molecule has 0 bridgehead atoms. The molecule has 15 heteroatoms. The van der Waals surface area contributed by atoms with Crippen LogP contribution in [0.1, 0.15) is 40.7 Å². The molecule has 0 radical (unpaired) electrons. The Morgan fingerprint density at radius 1 is 0.821 bits per heavy atom. The van der Waals surface area contributed by atoms with E-state index >= 15 is 0 Å². The molecule has 1 saturated heterocycles. The maximum atomic E-state index is 14.3. The molecule has 3 amide bonds. The van der Waals surface area contributed by atoms with Crippen LogP contribution in [0.25, 0.3) is 6.08 Å². The van der Waals surface area contributed by atoms with E-state index in [0.29, 0.717) is 37.3 Å². The quantitative estimate of drug-likeness (QED) is 0.0758. The number of rotatable bonds is 14. The lowest BCUT2D eigenvalue weighted by molar-refractivity contribution is -0.154. The van der Waals surface area contributed by atoms with Gasteiger partial charge in [-0.15, -0.1) is 0 Å². The Balaban J connectivity index is 1.37. The first-order valence-corrected chi connectivity index (χ1v) is 17.9. The summed E-state index contributed by atoms with van der Waals surface area (Å²) in [5, 5.41) is 0. The minimum atomic E-state index is -4.64. The highest BCUT2D eigenvalue weighted by atomic mass is 19.4. The number of likely N-dealkylation sites (N-methyl/N-ethyl adjacent to an activating group) is 1. The molecular formula is C41H42F6N4O5. The molecule has 1 aliphatic rings. The van der Waals surface area contributed by atoms with Gasteiger partial charge in [0.25, 0.3) is 0 Å². The van der Waals surface area contributed by atoms with E-state index in [0.717, 1.165) is 35.5 Å². The zero-order valence-corrected chi connectivity index (χ0v) is 30.9. The molecule has 4 aromatic rings. The van der Waals surface area contributed by atoms with E-state index in [1.807, 2.05) is 42.5 Å². The molecule has 298 valence electrons. The van der Waals surface area contributed by atoms with Crippen molar-refractivity contribution in [2.45, 2.75) is 44.9 Å². The van der Waals surface area contributed by atoms with Crippen LogP contribution in [0.15, 0.2) is 101 Å². The zero-order chi connectivity index (χ0) is 40.5. The predicted molar refractivity (Wildman–Crippen MR) is 197 cm³/mol. The Morgan fingerprint density at radius 2 is 1.48 bits per heavy atom. The second-order valence-corrected chi connectivity index (χ2v) is 13.4. The lowest BCUT2D eigenvalue weighted by Crippen LogP contribution is -2.51. The normalized spacial score (nSPS) is 14.2. The van der Waals surface area contributed by atoms with Crippen LogP contribution in [-0.4, -0.2) is 84.8 Å². The van der Waals surface area contributed by atoms with Crippen LogP contribution in [-0.2, 0) is 51.0 Å². The van der Waals surface area contributed by atoms with E-state index in [1.165, 1.54) is 41.1 Å². The monoisotopic (exact) mass is 784 g/mol. The molecule has 0 aliphatic carbocycles. The molecule has 1 aliphatic heterocycles. The molecule has 1 fully saturated rings. The second-order valence-electron chi connectivity index (χ2n) is 13.4. The topological polar surface area (TPSA) is 86.5 Å². The fraction of sp³-hybridized carbons (Fsp3) is 0.341. The Morgan fingerprint density at radius 3 is 2.07 bits per heavy atom. The highest BCUT2D eigenvalue weighted by Gasteiger charge is 2.35. The van der Waals surface area contributed by atoms with Gasteiger partial charge in [0.1, 0.15) is 18.4 Å². The maximum Gasteiger partial charge on any atom is 0.449 e. The van der Waals surface area contributed by atoms with E-state index < -0.39 is 41.5 Å². The number of ether oxygens (including phenoxy) is 1. The average molecular weight is 785 g/mol. The first kappa shape index (κ1) is 41.6. The lowest BCUT2D eigenvalue weighted by Gasteiger charge is -2.36. The smallest absolute Gasteiger partial charge is 0.449 e. The van der Waals surface area contributed by atoms with Gasteiger partial charge in [0, 0.05) is 71.4 Å². The molecule has 3 aromatic carbocycles. The van der Waals surface area contributed by atoms with Gasteiger partial charge in [0.05, 0.1) is 12.2 Å². The number of amides is 3. The van der Waals surface area contributed by atoms with E-state index in [1.54, 1.807) is 24.0 Å². The summed E-state index contributed by atoms with van der Waals surface area (Å²) >= 11 is 0. The molecule has 0 spiro atoms. The van der Waals surface area contributed by atoms with Crippen LogP contribution in [0.5, 0.6) is 0 Å². The Hall–Kier alpha value is -5.57. The number of alkyl halides is 6. The standard InChI is InChI=1S/C41H42F6N4O5/c1-29(52)49-20-22-50(23-21-49)34-15-10-32(11-16-34)27-51(38(53)19-12-30-8-13-33(14-9-30)40(42,43)44)36(26-31-6-4-3-5-7-31)39(54)48(2)24-25-55-28-35-17-18-37(56-35)41(45,46)47/h3-19,36H,20-28H2,1-2H3/b19-12+/t36-/m0/s1. The van der Waals surface area contributed by atoms with Gasteiger partial charge in [-0.25, -0.2) is 0 Å². The SMILES string of the molecule is CC(=O)N1CCN(c2ccc(CN(C(=O)/C=C/c3ccc(C(F)(F)F)cc3)[C@@H](Cc3ccccc3)C(=O)N(C)CCOCc3ccc(C(F)(F)F)o3)cc2)CC1. The van der Waals surface area contributed by atoms with Crippen molar-refractivity contribution in [1.29, 1.82) is 0 Å². The number of furan rings is 1. The number of benzene rings is 3. The maximum absolute atomic E-state index is 14.3. The van der Waals surface area contributed by atoms with Crippen molar-refractivity contribution in [3.63, 3.8) is 0 Å². The number of halogens is 6. The number of carbonyl (C=O) groups excluding carboxylic acids is 3. The summed E-state index contributed by atoms with van der Waals surface area (Å²) in [5.74, 6) is -2.16. The summed E-state index contributed by atoms with van der Waals surface area (Å²) in [4.78, 5) is 46.9. The summed E-state index contributed by atoms with van der Waals surface area (Å²) < 4.78 is 88.6. The molecule has 9 nitrogen and oxygen atoms in total. The van der Waals surface area contributed by atoms with Gasteiger partial charge < -0.3 is 28.8 Å². The van der Waals surface area contributed by atoms with Crippen molar-refractivity contribution < 1.29 is 49.9 Å². The predicted octanol–water partition coefficient (Wildman–Crippen LogP) is 7.31. The van der Waals surface area contributed by atoms with E-state index in [9.17, 15) is 40.7 Å². The van der Waals surface area contributed by atoms with Gasteiger partial charge >= 0.3 is 12.4 Å². The van der Waals surface area contributed by atoms with Crippen LogP contribution in [0, 0.1) is 0 Å². The second kappa shape index (κ2) is 18.4. The van der Waals surface area contributed by atoms with Crippen molar-refractivity contribution in [2.75, 3.05) is 51.3 Å². The van der Waals surface area contributed by atoms with Crippen molar-refractivity contribution >= 4 is 29.5 Å². The van der Waals surface area contributed by atoms with Gasteiger partial charge in [-0.05, 0) is 59.2 Å². The summed E-state index contributed by atoms with van der Waals surface area (Å²) in [7, 11) is 1.53. The van der Waals surface area contributed by atoms with Gasteiger partial charge in [-0.3, -0.25) is 14.4 Å². The summed E-state index contributed by atoms with van der Waals surface area (Å²) in [6, 6.07) is 21.9. The number of hydrogen-bond donors (Lipinski definition) is 0. The van der Waals surface area contributed by atoms with Crippen molar-refractivity contribution in [3.05, 3.63) is 131 Å². The minimum absolute atomic E-state index is 0.00217.